The SMILES string of the molecule is Cc1cc(S(=O)(=O)Cl)ccc1NS(=O)(=O)c1cnn(C)c1. The molecule has 0 spiro atoms. The van der Waals surface area contributed by atoms with E-state index < -0.39 is 19.1 Å². The number of halogens is 1. The summed E-state index contributed by atoms with van der Waals surface area (Å²) in [5, 5.41) is 3.79. The average Bonchev–Trinajstić information content (AvgIpc) is 2.78. The minimum Gasteiger partial charge on any atom is -0.279 e. The smallest absolute Gasteiger partial charge is 0.265 e. The molecule has 0 aliphatic heterocycles. The van der Waals surface area contributed by atoms with Crippen LogP contribution in [0.1, 0.15) is 5.56 Å². The lowest BCUT2D eigenvalue weighted by Gasteiger charge is -2.10. The van der Waals surface area contributed by atoms with Gasteiger partial charge < -0.3 is 0 Å². The van der Waals surface area contributed by atoms with E-state index in [0.717, 1.165) is 0 Å². The lowest BCUT2D eigenvalue weighted by molar-refractivity contribution is 0.601. The van der Waals surface area contributed by atoms with Crippen molar-refractivity contribution in [2.45, 2.75) is 16.7 Å². The zero-order chi connectivity index (χ0) is 15.8. The van der Waals surface area contributed by atoms with Crippen LogP contribution in [0.2, 0.25) is 0 Å². The molecule has 0 atom stereocenters. The number of rotatable bonds is 4. The Morgan fingerprint density at radius 3 is 2.33 bits per heavy atom. The van der Waals surface area contributed by atoms with Gasteiger partial charge in [-0.1, -0.05) is 0 Å². The van der Waals surface area contributed by atoms with E-state index in [1.165, 1.54) is 35.3 Å². The third-order valence-electron chi connectivity index (χ3n) is 2.72. The second-order valence-electron chi connectivity index (χ2n) is 4.37. The number of hydrogen-bond acceptors (Lipinski definition) is 5. The molecule has 21 heavy (non-hydrogen) atoms. The standard InChI is InChI=1S/C11H12ClN3O4S2/c1-8-5-9(20(12,16)17)3-4-11(8)14-21(18,19)10-6-13-15(2)7-10/h3-7,14H,1-2H3. The monoisotopic (exact) mass is 349 g/mol. The quantitative estimate of drug-likeness (QED) is 0.842. The number of aryl methyl sites for hydroxylation is 2. The molecule has 0 aliphatic carbocycles. The van der Waals surface area contributed by atoms with Gasteiger partial charge in [-0.3, -0.25) is 9.40 Å². The number of sulfonamides is 1. The van der Waals surface area contributed by atoms with Gasteiger partial charge in [0.25, 0.3) is 19.1 Å². The summed E-state index contributed by atoms with van der Waals surface area (Å²) in [6.45, 7) is 1.58. The predicted octanol–water partition coefficient (Wildman–Crippen LogP) is 1.46. The molecule has 1 aromatic carbocycles. The molecule has 0 amide bonds. The van der Waals surface area contributed by atoms with Crippen LogP contribution in [0.15, 0.2) is 40.4 Å². The lowest BCUT2D eigenvalue weighted by atomic mass is 10.2. The normalized spacial score (nSPS) is 12.3. The fourth-order valence-corrected chi connectivity index (χ4v) is 3.59. The Morgan fingerprint density at radius 1 is 1.19 bits per heavy atom. The maximum Gasteiger partial charge on any atom is 0.265 e. The lowest BCUT2D eigenvalue weighted by Crippen LogP contribution is -2.13. The topological polar surface area (TPSA) is 98.1 Å². The summed E-state index contributed by atoms with van der Waals surface area (Å²) in [6, 6.07) is 3.87. The van der Waals surface area contributed by atoms with Crippen molar-refractivity contribution in [2.75, 3.05) is 4.72 Å². The minimum absolute atomic E-state index is 0.0124. The molecule has 0 aliphatic rings. The highest BCUT2D eigenvalue weighted by Crippen LogP contribution is 2.24. The van der Waals surface area contributed by atoms with Gasteiger partial charge in [-0.05, 0) is 30.7 Å². The van der Waals surface area contributed by atoms with E-state index in [1.807, 2.05) is 0 Å². The van der Waals surface area contributed by atoms with Gasteiger partial charge >= 0.3 is 0 Å². The Morgan fingerprint density at radius 2 is 1.86 bits per heavy atom. The molecule has 2 aromatic rings. The highest BCUT2D eigenvalue weighted by Gasteiger charge is 2.18. The van der Waals surface area contributed by atoms with Gasteiger partial charge in [0.2, 0.25) is 0 Å². The fraction of sp³-hybridized carbons (Fsp3) is 0.182. The molecule has 7 nitrogen and oxygen atoms in total. The van der Waals surface area contributed by atoms with Crippen LogP contribution in [0, 0.1) is 6.92 Å². The summed E-state index contributed by atoms with van der Waals surface area (Å²) in [7, 11) is -0.793. The van der Waals surface area contributed by atoms with E-state index in [-0.39, 0.29) is 15.5 Å². The van der Waals surface area contributed by atoms with E-state index >= 15 is 0 Å². The predicted molar refractivity (Wildman–Crippen MR) is 78.2 cm³/mol. The van der Waals surface area contributed by atoms with Crippen molar-refractivity contribution in [3.8, 4) is 0 Å². The average molecular weight is 350 g/mol. The largest absolute Gasteiger partial charge is 0.279 e. The van der Waals surface area contributed by atoms with Gasteiger partial charge in [-0.25, -0.2) is 16.8 Å². The first-order valence-electron chi connectivity index (χ1n) is 5.66. The highest BCUT2D eigenvalue weighted by atomic mass is 35.7. The van der Waals surface area contributed by atoms with Gasteiger partial charge in [0.05, 0.1) is 16.8 Å². The molecular formula is C11H12ClN3O4S2. The maximum atomic E-state index is 12.1. The van der Waals surface area contributed by atoms with E-state index in [9.17, 15) is 16.8 Å². The molecule has 1 aromatic heterocycles. The van der Waals surface area contributed by atoms with Crippen molar-refractivity contribution >= 4 is 35.4 Å². The molecule has 0 bridgehead atoms. The van der Waals surface area contributed by atoms with Crippen molar-refractivity contribution in [1.29, 1.82) is 0 Å². The number of aromatic nitrogens is 2. The number of hydrogen-bond donors (Lipinski definition) is 1. The van der Waals surface area contributed by atoms with Crippen LogP contribution in [0.3, 0.4) is 0 Å². The first kappa shape index (κ1) is 15.8. The second-order valence-corrected chi connectivity index (χ2v) is 8.62. The molecule has 2 rings (SSSR count). The van der Waals surface area contributed by atoms with Crippen molar-refractivity contribution in [1.82, 2.24) is 9.78 Å². The Bertz CT molecular complexity index is 888. The van der Waals surface area contributed by atoms with Crippen LogP contribution in [0.4, 0.5) is 5.69 Å². The molecule has 1 N–H and O–H groups in total. The number of nitrogens with zero attached hydrogens (tertiary/aromatic N) is 2. The molecule has 0 saturated heterocycles. The summed E-state index contributed by atoms with van der Waals surface area (Å²) < 4.78 is 50.5. The Balaban J connectivity index is 2.36. The third kappa shape index (κ3) is 3.55. The van der Waals surface area contributed by atoms with E-state index in [2.05, 4.69) is 9.82 Å². The molecule has 0 unspecified atom stereocenters. The molecule has 114 valence electrons. The first-order valence-corrected chi connectivity index (χ1v) is 9.45. The Hall–Kier alpha value is -1.58. The van der Waals surface area contributed by atoms with Gasteiger partial charge in [-0.15, -0.1) is 0 Å². The van der Waals surface area contributed by atoms with E-state index in [0.29, 0.717) is 5.56 Å². The second kappa shape index (κ2) is 5.32. The van der Waals surface area contributed by atoms with Crippen molar-refractivity contribution in [2.24, 2.45) is 7.05 Å². The third-order valence-corrected chi connectivity index (χ3v) is 5.39. The van der Waals surface area contributed by atoms with Gasteiger partial charge in [0, 0.05) is 23.9 Å². The summed E-state index contributed by atoms with van der Waals surface area (Å²) in [6.07, 6.45) is 2.57. The number of nitrogens with one attached hydrogen (secondary N) is 1. The van der Waals surface area contributed by atoms with Crippen LogP contribution < -0.4 is 4.72 Å². The van der Waals surface area contributed by atoms with Crippen molar-refractivity contribution in [3.05, 3.63) is 36.2 Å². The fourth-order valence-electron chi connectivity index (χ4n) is 1.64. The summed E-state index contributed by atoms with van der Waals surface area (Å²) in [5.41, 5.74) is 0.701. The van der Waals surface area contributed by atoms with Crippen molar-refractivity contribution < 1.29 is 16.8 Å². The molecule has 0 fully saturated rings. The molecular weight excluding hydrogens is 338 g/mol. The molecule has 10 heteroatoms. The zero-order valence-electron chi connectivity index (χ0n) is 11.1. The zero-order valence-corrected chi connectivity index (χ0v) is 13.5. The van der Waals surface area contributed by atoms with Crippen LogP contribution >= 0.6 is 10.7 Å². The van der Waals surface area contributed by atoms with Gasteiger partial charge in [0.15, 0.2) is 0 Å². The van der Waals surface area contributed by atoms with Crippen LogP contribution in [-0.2, 0) is 26.1 Å². The number of benzene rings is 1. The molecule has 0 saturated carbocycles. The minimum atomic E-state index is -3.85. The summed E-state index contributed by atoms with van der Waals surface area (Å²) in [5.74, 6) is 0. The van der Waals surface area contributed by atoms with Gasteiger partial charge in [0.1, 0.15) is 4.90 Å². The summed E-state index contributed by atoms with van der Waals surface area (Å²) >= 11 is 0. The number of anilines is 1. The van der Waals surface area contributed by atoms with Crippen LogP contribution in [0.25, 0.3) is 0 Å². The maximum absolute atomic E-state index is 12.1. The highest BCUT2D eigenvalue weighted by molar-refractivity contribution is 8.13. The first-order chi connectivity index (χ1) is 9.59. The van der Waals surface area contributed by atoms with E-state index in [1.54, 1.807) is 14.0 Å². The van der Waals surface area contributed by atoms with Crippen LogP contribution in [-0.4, -0.2) is 26.6 Å². The molecule has 0 radical (unpaired) electrons. The Labute approximate surface area is 127 Å². The van der Waals surface area contributed by atoms with Crippen LogP contribution in [0.5, 0.6) is 0 Å². The Kier molecular flexibility index (Phi) is 4.00. The molecule has 1 heterocycles. The summed E-state index contributed by atoms with van der Waals surface area (Å²) in [4.78, 5) is -0.0792. The van der Waals surface area contributed by atoms with Gasteiger partial charge in [-0.2, -0.15) is 5.10 Å². The van der Waals surface area contributed by atoms with Crippen molar-refractivity contribution in [3.63, 3.8) is 0 Å². The van der Waals surface area contributed by atoms with E-state index in [4.69, 9.17) is 10.7 Å².